The van der Waals surface area contributed by atoms with E-state index in [1.807, 2.05) is 0 Å². The van der Waals surface area contributed by atoms with Crippen LogP contribution in [0, 0.1) is 11.3 Å². The summed E-state index contributed by atoms with van der Waals surface area (Å²) in [6.07, 6.45) is 0. The molecule has 0 amide bonds. The van der Waals surface area contributed by atoms with Gasteiger partial charge in [-0.25, -0.2) is 0 Å². The van der Waals surface area contributed by atoms with Crippen molar-refractivity contribution in [2.75, 3.05) is 113 Å². The minimum atomic E-state index is -0.190. The second-order valence-electron chi connectivity index (χ2n) is 9.69. The first-order valence-corrected chi connectivity index (χ1v) is 13.5. The molecule has 0 radical (unpaired) electrons. The fraction of sp³-hybridized carbons (Fsp3) is 1.00. The largest absolute Gasteiger partial charge is 0.383 e. The minimum Gasteiger partial charge on any atom is -0.383 e. The van der Waals surface area contributed by atoms with E-state index in [4.69, 9.17) is 45.8 Å². The van der Waals surface area contributed by atoms with Crippen molar-refractivity contribution in [3.05, 3.63) is 0 Å². The van der Waals surface area contributed by atoms with Crippen molar-refractivity contribution in [2.24, 2.45) is 11.3 Å². The van der Waals surface area contributed by atoms with Crippen molar-refractivity contribution >= 4 is 12.6 Å². The predicted molar refractivity (Wildman–Crippen MR) is 145 cm³/mol. The molecular weight excluding hydrogens is 470 g/mol. The molecule has 1 unspecified atom stereocenters. The molecule has 8 nitrogen and oxygen atoms in total. The Morgan fingerprint density at radius 3 is 1.37 bits per heavy atom. The van der Waals surface area contributed by atoms with E-state index >= 15 is 0 Å². The molecule has 0 aliphatic heterocycles. The molecule has 0 N–H and O–H groups in total. The highest BCUT2D eigenvalue weighted by Crippen LogP contribution is 2.42. The van der Waals surface area contributed by atoms with E-state index in [1.54, 1.807) is 7.11 Å². The Labute approximate surface area is 221 Å². The van der Waals surface area contributed by atoms with Crippen LogP contribution in [0.15, 0.2) is 0 Å². The molecule has 0 aliphatic rings. The summed E-state index contributed by atoms with van der Waals surface area (Å²) in [4.78, 5) is 2.30. The summed E-state index contributed by atoms with van der Waals surface area (Å²) in [5.74, 6) is 0.525. The van der Waals surface area contributed by atoms with Gasteiger partial charge in [0.05, 0.1) is 85.9 Å². The average Bonchev–Trinajstić information content (AvgIpc) is 2.82. The van der Waals surface area contributed by atoms with Crippen molar-refractivity contribution in [3.63, 3.8) is 0 Å². The number of methoxy groups -OCH3 is 1. The van der Waals surface area contributed by atoms with E-state index in [0.717, 1.165) is 26.2 Å². The molecule has 35 heavy (non-hydrogen) atoms. The number of rotatable bonds is 26. The summed E-state index contributed by atoms with van der Waals surface area (Å²) in [6, 6.07) is 0. The van der Waals surface area contributed by atoms with Gasteiger partial charge in [0.1, 0.15) is 0 Å². The third-order valence-electron chi connectivity index (χ3n) is 6.69. The highest BCUT2D eigenvalue weighted by atomic mass is 32.1. The van der Waals surface area contributed by atoms with Crippen molar-refractivity contribution in [1.82, 2.24) is 4.90 Å². The molecular formula is C26H55NO7S. The molecule has 9 heteroatoms. The lowest BCUT2D eigenvalue weighted by Crippen LogP contribution is -2.44. The normalized spacial score (nSPS) is 14.2. The van der Waals surface area contributed by atoms with Crippen LogP contribution >= 0.6 is 12.6 Å². The summed E-state index contributed by atoms with van der Waals surface area (Å²) in [5, 5.41) is 0. The first kappa shape index (κ1) is 35.0. The van der Waals surface area contributed by atoms with E-state index in [2.05, 4.69) is 46.4 Å². The third-order valence-corrected chi connectivity index (χ3v) is 7.39. The van der Waals surface area contributed by atoms with Gasteiger partial charge in [0.25, 0.3) is 0 Å². The third kappa shape index (κ3) is 18.0. The highest BCUT2D eigenvalue weighted by molar-refractivity contribution is 7.81. The van der Waals surface area contributed by atoms with Crippen LogP contribution in [-0.2, 0) is 33.2 Å². The number of nitrogens with zero attached hydrogens (tertiary/aromatic N) is 1. The summed E-state index contributed by atoms with van der Waals surface area (Å²) in [6.45, 7) is 23.7. The lowest BCUT2D eigenvalue weighted by atomic mass is 9.71. The van der Waals surface area contributed by atoms with E-state index in [-0.39, 0.29) is 10.2 Å². The second-order valence-corrected chi connectivity index (χ2v) is 10.7. The maximum absolute atomic E-state index is 5.79. The molecule has 0 fully saturated rings. The van der Waals surface area contributed by atoms with Gasteiger partial charge in [0, 0.05) is 24.9 Å². The van der Waals surface area contributed by atoms with Crippen LogP contribution < -0.4 is 0 Å². The zero-order chi connectivity index (χ0) is 26.4. The Balaban J connectivity index is 3.35. The van der Waals surface area contributed by atoms with Crippen LogP contribution in [0.4, 0.5) is 0 Å². The van der Waals surface area contributed by atoms with Crippen LogP contribution in [0.25, 0.3) is 0 Å². The molecule has 0 aromatic rings. The molecule has 0 saturated heterocycles. The zero-order valence-corrected chi connectivity index (χ0v) is 24.5. The van der Waals surface area contributed by atoms with E-state index in [0.29, 0.717) is 85.2 Å². The molecule has 1 atom stereocenters. The standard InChI is InChI=1S/C26H55NO7S/c1-8-27(9-11-28-7)10-12-29-13-14-30-15-16-31-17-18-32-19-20-33-21-22-34-23-26(6,35)25(4,5)24(2)3/h24,35H,8-23H2,1-7H3. The quantitative estimate of drug-likeness (QED) is 0.136. The smallest absolute Gasteiger partial charge is 0.0701 e. The van der Waals surface area contributed by atoms with Crippen molar-refractivity contribution in [1.29, 1.82) is 0 Å². The van der Waals surface area contributed by atoms with Gasteiger partial charge >= 0.3 is 0 Å². The molecule has 0 aliphatic carbocycles. The maximum Gasteiger partial charge on any atom is 0.0701 e. The van der Waals surface area contributed by atoms with Crippen molar-refractivity contribution in [2.45, 2.75) is 46.3 Å². The average molecular weight is 526 g/mol. The molecule has 212 valence electrons. The Hall–Kier alpha value is 0.0300. The van der Waals surface area contributed by atoms with Crippen molar-refractivity contribution < 1.29 is 33.2 Å². The van der Waals surface area contributed by atoms with E-state index in [1.165, 1.54) is 0 Å². The summed E-state index contributed by atoms with van der Waals surface area (Å²) >= 11 is 4.84. The molecule has 0 rings (SSSR count). The molecule has 0 bridgehead atoms. The van der Waals surface area contributed by atoms with Gasteiger partial charge in [-0.1, -0.05) is 34.6 Å². The number of thiol groups is 1. The van der Waals surface area contributed by atoms with Crippen LogP contribution in [0.5, 0.6) is 0 Å². The van der Waals surface area contributed by atoms with Crippen molar-refractivity contribution in [3.8, 4) is 0 Å². The van der Waals surface area contributed by atoms with Gasteiger partial charge < -0.3 is 33.2 Å². The van der Waals surface area contributed by atoms with E-state index in [9.17, 15) is 0 Å². The highest BCUT2D eigenvalue weighted by Gasteiger charge is 2.40. The summed E-state index contributed by atoms with van der Waals surface area (Å²) in [7, 11) is 1.72. The first-order chi connectivity index (χ1) is 16.7. The summed E-state index contributed by atoms with van der Waals surface area (Å²) < 4.78 is 38.4. The number of hydrogen-bond acceptors (Lipinski definition) is 9. The van der Waals surface area contributed by atoms with Gasteiger partial charge in [-0.05, 0) is 24.8 Å². The number of ether oxygens (including phenoxy) is 7. The molecule has 0 aromatic heterocycles. The molecule has 0 saturated carbocycles. The monoisotopic (exact) mass is 525 g/mol. The van der Waals surface area contributed by atoms with Crippen LogP contribution in [0.1, 0.15) is 41.5 Å². The van der Waals surface area contributed by atoms with Gasteiger partial charge in [-0.2, -0.15) is 12.6 Å². The first-order valence-electron chi connectivity index (χ1n) is 13.1. The Kier molecular flexibility index (Phi) is 22.1. The number of likely N-dealkylation sites (N-methyl/N-ethyl adjacent to an activating group) is 1. The maximum atomic E-state index is 5.79. The topological polar surface area (TPSA) is 67.9 Å². The molecule has 0 heterocycles. The lowest BCUT2D eigenvalue weighted by molar-refractivity contribution is -0.0211. The van der Waals surface area contributed by atoms with Gasteiger partial charge in [-0.3, -0.25) is 4.90 Å². The summed E-state index contributed by atoms with van der Waals surface area (Å²) in [5.41, 5.74) is 0.0780. The molecule has 0 spiro atoms. The second kappa shape index (κ2) is 22.1. The van der Waals surface area contributed by atoms with E-state index < -0.39 is 0 Å². The fourth-order valence-corrected chi connectivity index (χ4v) is 3.37. The Morgan fingerprint density at radius 2 is 1.00 bits per heavy atom. The predicted octanol–water partition coefficient (Wildman–Crippen LogP) is 3.43. The van der Waals surface area contributed by atoms with Crippen LogP contribution in [0.3, 0.4) is 0 Å². The van der Waals surface area contributed by atoms with Gasteiger partial charge in [-0.15, -0.1) is 0 Å². The number of hydrogen-bond donors (Lipinski definition) is 1. The van der Waals surface area contributed by atoms with Crippen LogP contribution in [0.2, 0.25) is 0 Å². The fourth-order valence-electron chi connectivity index (χ4n) is 3.02. The van der Waals surface area contributed by atoms with Gasteiger partial charge in [0.2, 0.25) is 0 Å². The Morgan fingerprint density at radius 1 is 0.629 bits per heavy atom. The molecule has 0 aromatic carbocycles. The zero-order valence-electron chi connectivity index (χ0n) is 23.6. The SMILES string of the molecule is CCN(CCOC)CCOCCOCCOCCOCCOCCOCC(C)(S)C(C)(C)C(C)C. The Bertz CT molecular complexity index is 467. The minimum absolute atomic E-state index is 0.0780. The lowest BCUT2D eigenvalue weighted by Gasteiger charge is -2.43. The van der Waals surface area contributed by atoms with Gasteiger partial charge in [0.15, 0.2) is 0 Å². The van der Waals surface area contributed by atoms with Crippen LogP contribution in [-0.4, -0.2) is 122 Å².